The molecule has 9 nitrogen and oxygen atoms in total. The quantitative estimate of drug-likeness (QED) is 0.436. The summed E-state index contributed by atoms with van der Waals surface area (Å²) < 4.78 is 5.37. The molecule has 2 saturated carbocycles. The topological polar surface area (TPSA) is 127 Å². The fourth-order valence-electron chi connectivity index (χ4n) is 4.89. The summed E-state index contributed by atoms with van der Waals surface area (Å²) >= 11 is 0. The van der Waals surface area contributed by atoms with E-state index in [4.69, 9.17) is 4.74 Å². The molecule has 31 heavy (non-hydrogen) atoms. The number of rotatable bonds is 6. The first-order valence-electron chi connectivity index (χ1n) is 11.4. The van der Waals surface area contributed by atoms with Crippen molar-refractivity contribution in [3.05, 3.63) is 0 Å². The van der Waals surface area contributed by atoms with Crippen molar-refractivity contribution in [2.24, 2.45) is 16.3 Å². The minimum absolute atomic E-state index is 0.124. The molecule has 2 amide bonds. The first kappa shape index (κ1) is 23.3. The van der Waals surface area contributed by atoms with E-state index in [2.05, 4.69) is 35.5 Å². The van der Waals surface area contributed by atoms with E-state index in [1.807, 2.05) is 4.90 Å². The van der Waals surface area contributed by atoms with Crippen molar-refractivity contribution in [1.29, 1.82) is 5.26 Å². The fraction of sp³-hybridized carbons (Fsp3) is 0.818. The second-order valence-electron chi connectivity index (χ2n) is 9.71. The van der Waals surface area contributed by atoms with Gasteiger partial charge in [0, 0.05) is 13.1 Å². The second kappa shape index (κ2) is 9.86. The number of carboxylic acid groups (broad SMARTS) is 1. The molecule has 3 rings (SSSR count). The highest BCUT2D eigenvalue weighted by atomic mass is 16.5. The van der Waals surface area contributed by atoms with Crippen molar-refractivity contribution in [3.8, 4) is 6.07 Å². The van der Waals surface area contributed by atoms with E-state index in [0.717, 1.165) is 19.3 Å². The van der Waals surface area contributed by atoms with Crippen molar-refractivity contribution < 1.29 is 19.4 Å². The van der Waals surface area contributed by atoms with Gasteiger partial charge in [0.05, 0.1) is 19.3 Å². The van der Waals surface area contributed by atoms with Crippen LogP contribution in [0.25, 0.3) is 0 Å². The standard InChI is InChI=1S/C22H35N5O4/c1-21(2,16-6-3-4-7-16)14-17(18(28)26-22(15-23)8-5-9-22)24-19(25-20(29)30)27-10-12-31-13-11-27/h16-17H,3-14H2,1-2H3,(H,24,25)(H,26,28)(H,29,30). The Balaban J connectivity index is 1.86. The van der Waals surface area contributed by atoms with Gasteiger partial charge in [-0.2, -0.15) is 5.26 Å². The maximum Gasteiger partial charge on any atom is 0.411 e. The Kier molecular flexibility index (Phi) is 7.42. The van der Waals surface area contributed by atoms with Crippen LogP contribution in [0.4, 0.5) is 4.79 Å². The molecule has 0 aromatic carbocycles. The molecule has 1 unspecified atom stereocenters. The average molecular weight is 434 g/mol. The van der Waals surface area contributed by atoms with Crippen LogP contribution < -0.4 is 10.6 Å². The van der Waals surface area contributed by atoms with Gasteiger partial charge >= 0.3 is 6.09 Å². The first-order chi connectivity index (χ1) is 14.7. The molecular formula is C22H35N5O4. The van der Waals surface area contributed by atoms with Gasteiger partial charge in [-0.05, 0) is 49.9 Å². The van der Waals surface area contributed by atoms with Crippen molar-refractivity contribution in [2.45, 2.75) is 76.8 Å². The summed E-state index contributed by atoms with van der Waals surface area (Å²) in [4.78, 5) is 31.2. The molecule has 172 valence electrons. The molecule has 1 atom stereocenters. The highest BCUT2D eigenvalue weighted by Gasteiger charge is 2.42. The van der Waals surface area contributed by atoms with Crippen LogP contribution in [-0.2, 0) is 9.53 Å². The second-order valence-corrected chi connectivity index (χ2v) is 9.71. The van der Waals surface area contributed by atoms with Gasteiger partial charge in [-0.1, -0.05) is 26.7 Å². The number of carbonyl (C=O) groups is 2. The number of aliphatic imine (C=N–C) groups is 1. The van der Waals surface area contributed by atoms with Crippen LogP contribution in [0, 0.1) is 22.7 Å². The molecule has 3 aliphatic rings. The number of hydrogen-bond donors (Lipinski definition) is 3. The number of amides is 2. The summed E-state index contributed by atoms with van der Waals surface area (Å²) in [5, 5.41) is 24.2. The van der Waals surface area contributed by atoms with E-state index in [9.17, 15) is 20.0 Å². The Morgan fingerprint density at radius 2 is 1.90 bits per heavy atom. The van der Waals surface area contributed by atoms with Crippen LogP contribution >= 0.6 is 0 Å². The first-order valence-corrected chi connectivity index (χ1v) is 11.4. The summed E-state index contributed by atoms with van der Waals surface area (Å²) in [6.45, 7) is 6.29. The SMILES string of the molecule is CC(C)(CC(N=C(NC(=O)O)N1CCOCC1)C(=O)NC1(C#N)CCC1)C1CCCC1. The number of nitriles is 1. The number of guanidine groups is 1. The van der Waals surface area contributed by atoms with Gasteiger partial charge in [0.1, 0.15) is 11.6 Å². The minimum atomic E-state index is -1.22. The average Bonchev–Trinajstić information content (AvgIpc) is 3.25. The Morgan fingerprint density at radius 1 is 1.26 bits per heavy atom. The Hall–Kier alpha value is -2.34. The molecule has 9 heteroatoms. The van der Waals surface area contributed by atoms with Gasteiger partial charge in [0.25, 0.3) is 0 Å². The molecule has 0 radical (unpaired) electrons. The summed E-state index contributed by atoms with van der Waals surface area (Å²) in [5.74, 6) is 0.383. The summed E-state index contributed by atoms with van der Waals surface area (Å²) in [7, 11) is 0. The van der Waals surface area contributed by atoms with Crippen LogP contribution in [-0.4, -0.2) is 65.9 Å². The maximum atomic E-state index is 13.3. The molecule has 0 bridgehead atoms. The molecule has 1 saturated heterocycles. The molecule has 0 aromatic heterocycles. The summed E-state index contributed by atoms with van der Waals surface area (Å²) in [6.07, 6.45) is 6.15. The van der Waals surface area contributed by atoms with E-state index in [1.54, 1.807) is 0 Å². The molecule has 2 aliphatic carbocycles. The lowest BCUT2D eigenvalue weighted by molar-refractivity contribution is -0.125. The number of nitrogens with zero attached hydrogens (tertiary/aromatic N) is 3. The van der Waals surface area contributed by atoms with Crippen LogP contribution in [0.2, 0.25) is 0 Å². The lowest BCUT2D eigenvalue weighted by Gasteiger charge is -2.39. The largest absolute Gasteiger partial charge is 0.465 e. The van der Waals surface area contributed by atoms with E-state index >= 15 is 0 Å². The van der Waals surface area contributed by atoms with Crippen molar-refractivity contribution in [1.82, 2.24) is 15.5 Å². The maximum absolute atomic E-state index is 13.3. The highest BCUT2D eigenvalue weighted by molar-refractivity contribution is 5.95. The van der Waals surface area contributed by atoms with Gasteiger partial charge in [-0.15, -0.1) is 0 Å². The third kappa shape index (κ3) is 5.88. The molecule has 3 N–H and O–H groups in total. The lowest BCUT2D eigenvalue weighted by atomic mass is 9.73. The molecule has 3 fully saturated rings. The van der Waals surface area contributed by atoms with E-state index < -0.39 is 17.7 Å². The smallest absolute Gasteiger partial charge is 0.411 e. The third-order valence-electron chi connectivity index (χ3n) is 7.07. The number of carbonyl (C=O) groups excluding carboxylic acids is 1. The van der Waals surface area contributed by atoms with Crippen molar-refractivity contribution in [2.75, 3.05) is 26.3 Å². The van der Waals surface area contributed by atoms with E-state index in [0.29, 0.717) is 51.5 Å². The third-order valence-corrected chi connectivity index (χ3v) is 7.07. The van der Waals surface area contributed by atoms with Crippen LogP contribution in [0.15, 0.2) is 4.99 Å². The van der Waals surface area contributed by atoms with Crippen LogP contribution in [0.1, 0.15) is 65.2 Å². The lowest BCUT2D eigenvalue weighted by Crippen LogP contribution is -2.56. The zero-order chi connectivity index (χ0) is 22.5. The van der Waals surface area contributed by atoms with E-state index in [-0.39, 0.29) is 17.3 Å². The van der Waals surface area contributed by atoms with Crippen molar-refractivity contribution >= 4 is 18.0 Å². The van der Waals surface area contributed by atoms with Gasteiger partial charge < -0.3 is 20.1 Å². The van der Waals surface area contributed by atoms with Crippen LogP contribution in [0.5, 0.6) is 0 Å². The number of ether oxygens (including phenoxy) is 1. The Labute approximate surface area is 184 Å². The number of nitrogens with one attached hydrogen (secondary N) is 2. The Bertz CT molecular complexity index is 729. The molecule has 0 spiro atoms. The zero-order valence-corrected chi connectivity index (χ0v) is 18.7. The zero-order valence-electron chi connectivity index (χ0n) is 18.7. The monoisotopic (exact) mass is 433 g/mol. The fourth-order valence-corrected chi connectivity index (χ4v) is 4.89. The molecule has 1 aliphatic heterocycles. The Morgan fingerprint density at radius 3 is 2.42 bits per heavy atom. The van der Waals surface area contributed by atoms with Gasteiger partial charge in [0.15, 0.2) is 0 Å². The highest BCUT2D eigenvalue weighted by Crippen LogP contribution is 2.43. The molecule has 0 aromatic rings. The number of morpholine rings is 1. The van der Waals surface area contributed by atoms with Crippen LogP contribution in [0.3, 0.4) is 0 Å². The molecule has 1 heterocycles. The summed E-state index contributed by atoms with van der Waals surface area (Å²) in [5.41, 5.74) is -0.942. The normalized spacial score (nSPS) is 22.9. The number of hydrogen-bond acceptors (Lipinski definition) is 5. The predicted molar refractivity (Wildman–Crippen MR) is 115 cm³/mol. The van der Waals surface area contributed by atoms with Gasteiger partial charge in [0.2, 0.25) is 11.9 Å². The minimum Gasteiger partial charge on any atom is -0.465 e. The summed E-state index contributed by atoms with van der Waals surface area (Å²) in [6, 6.07) is 1.48. The van der Waals surface area contributed by atoms with E-state index in [1.165, 1.54) is 12.8 Å². The van der Waals surface area contributed by atoms with Gasteiger partial charge in [-0.3, -0.25) is 10.1 Å². The predicted octanol–water partition coefficient (Wildman–Crippen LogP) is 2.48. The van der Waals surface area contributed by atoms with Gasteiger partial charge in [-0.25, -0.2) is 9.79 Å². The van der Waals surface area contributed by atoms with Crippen molar-refractivity contribution in [3.63, 3.8) is 0 Å². The molecular weight excluding hydrogens is 398 g/mol.